The molecule has 1 N–H and O–H groups in total. The third kappa shape index (κ3) is 3.61. The van der Waals surface area contributed by atoms with Gasteiger partial charge in [0.1, 0.15) is 11.5 Å². The SMILES string of the molecule is C[C@@H]1C(O)[C@@H](Sc2ccccc2)OC2COC(c3ccccc3)O[C@@H]21. The van der Waals surface area contributed by atoms with Crippen molar-refractivity contribution in [2.45, 2.75) is 41.9 Å². The normalized spacial score (nSPS) is 35.1. The first-order chi connectivity index (χ1) is 12.2. The van der Waals surface area contributed by atoms with E-state index in [0.29, 0.717) is 6.61 Å². The molecule has 0 aliphatic carbocycles. The number of hydrogen-bond acceptors (Lipinski definition) is 5. The molecule has 0 amide bonds. The molecule has 2 fully saturated rings. The average molecular weight is 358 g/mol. The number of fused-ring (bicyclic) bond motifs is 1. The fourth-order valence-corrected chi connectivity index (χ4v) is 4.50. The number of aliphatic hydroxyl groups is 1. The molecule has 6 atom stereocenters. The Morgan fingerprint density at radius 2 is 1.64 bits per heavy atom. The predicted molar refractivity (Wildman–Crippen MR) is 96.1 cm³/mol. The Bertz CT molecular complexity index is 679. The van der Waals surface area contributed by atoms with Gasteiger partial charge in [0, 0.05) is 16.4 Å². The lowest BCUT2D eigenvalue weighted by Crippen LogP contribution is -2.57. The van der Waals surface area contributed by atoms with E-state index in [1.165, 1.54) is 0 Å². The largest absolute Gasteiger partial charge is 0.389 e. The van der Waals surface area contributed by atoms with Crippen LogP contribution in [0.5, 0.6) is 0 Å². The summed E-state index contributed by atoms with van der Waals surface area (Å²) in [4.78, 5) is 1.08. The summed E-state index contributed by atoms with van der Waals surface area (Å²) in [5, 5.41) is 10.7. The van der Waals surface area contributed by atoms with Crippen LogP contribution in [0, 0.1) is 5.92 Å². The Morgan fingerprint density at radius 1 is 0.960 bits per heavy atom. The highest BCUT2D eigenvalue weighted by Gasteiger charge is 2.47. The highest BCUT2D eigenvalue weighted by molar-refractivity contribution is 7.99. The zero-order valence-corrected chi connectivity index (χ0v) is 14.8. The first kappa shape index (κ1) is 17.1. The zero-order chi connectivity index (χ0) is 17.2. The molecule has 5 heteroatoms. The molecule has 2 aromatic carbocycles. The third-order valence-corrected chi connectivity index (χ3v) is 5.94. The van der Waals surface area contributed by atoms with E-state index >= 15 is 0 Å². The highest BCUT2D eigenvalue weighted by Crippen LogP contribution is 2.41. The van der Waals surface area contributed by atoms with Gasteiger partial charge in [-0.2, -0.15) is 0 Å². The maximum Gasteiger partial charge on any atom is 0.184 e. The quantitative estimate of drug-likeness (QED) is 0.908. The van der Waals surface area contributed by atoms with Gasteiger partial charge in [-0.05, 0) is 12.1 Å². The van der Waals surface area contributed by atoms with Crippen molar-refractivity contribution in [2.24, 2.45) is 5.92 Å². The maximum atomic E-state index is 10.7. The van der Waals surface area contributed by atoms with Crippen LogP contribution in [-0.2, 0) is 14.2 Å². The Morgan fingerprint density at radius 3 is 2.36 bits per heavy atom. The van der Waals surface area contributed by atoms with Crippen LogP contribution in [0.4, 0.5) is 0 Å². The molecule has 2 heterocycles. The average Bonchev–Trinajstić information content (AvgIpc) is 2.67. The molecule has 2 aromatic rings. The van der Waals surface area contributed by atoms with Crippen LogP contribution in [0.25, 0.3) is 0 Å². The second kappa shape index (κ2) is 7.48. The molecular formula is C20H22O4S. The fraction of sp³-hybridized carbons (Fsp3) is 0.400. The number of hydrogen-bond donors (Lipinski definition) is 1. The van der Waals surface area contributed by atoms with Crippen LogP contribution in [0.2, 0.25) is 0 Å². The summed E-state index contributed by atoms with van der Waals surface area (Å²) >= 11 is 1.55. The number of thioether (sulfide) groups is 1. The van der Waals surface area contributed by atoms with Gasteiger partial charge in [0.25, 0.3) is 0 Å². The Balaban J connectivity index is 1.46. The predicted octanol–water partition coefficient (Wildman–Crippen LogP) is 3.61. The van der Waals surface area contributed by atoms with Crippen molar-refractivity contribution in [2.75, 3.05) is 6.61 Å². The van der Waals surface area contributed by atoms with Gasteiger partial charge >= 0.3 is 0 Å². The summed E-state index contributed by atoms with van der Waals surface area (Å²) in [7, 11) is 0. The Kier molecular flexibility index (Phi) is 5.10. The Labute approximate surface area is 152 Å². The van der Waals surface area contributed by atoms with Crippen LogP contribution in [-0.4, -0.2) is 35.5 Å². The van der Waals surface area contributed by atoms with Crippen LogP contribution in [0.15, 0.2) is 65.6 Å². The minimum absolute atomic E-state index is 0.0323. The van der Waals surface area contributed by atoms with Gasteiger partial charge in [-0.3, -0.25) is 0 Å². The number of ether oxygens (including phenoxy) is 3. The molecule has 0 aromatic heterocycles. The zero-order valence-electron chi connectivity index (χ0n) is 14.0. The Hall–Kier alpha value is -1.37. The summed E-state index contributed by atoms with van der Waals surface area (Å²) in [5.41, 5.74) is 0.669. The monoisotopic (exact) mass is 358 g/mol. The van der Waals surface area contributed by atoms with E-state index in [1.54, 1.807) is 11.8 Å². The molecular weight excluding hydrogens is 336 g/mol. The van der Waals surface area contributed by atoms with Gasteiger partial charge in [-0.15, -0.1) is 0 Å². The van der Waals surface area contributed by atoms with E-state index in [1.807, 2.05) is 67.6 Å². The van der Waals surface area contributed by atoms with Crippen LogP contribution in [0.3, 0.4) is 0 Å². The van der Waals surface area contributed by atoms with Gasteiger partial charge in [0.2, 0.25) is 0 Å². The molecule has 0 radical (unpaired) electrons. The van der Waals surface area contributed by atoms with Gasteiger partial charge in [-0.25, -0.2) is 0 Å². The molecule has 0 spiro atoms. The minimum atomic E-state index is -0.596. The molecule has 4 rings (SSSR count). The lowest BCUT2D eigenvalue weighted by atomic mass is 9.91. The van der Waals surface area contributed by atoms with Crippen molar-refractivity contribution in [3.05, 3.63) is 66.2 Å². The highest BCUT2D eigenvalue weighted by atomic mass is 32.2. The fourth-order valence-electron chi connectivity index (χ4n) is 3.34. The first-order valence-corrected chi connectivity index (χ1v) is 9.47. The molecule has 0 bridgehead atoms. The van der Waals surface area contributed by atoms with Gasteiger partial charge in [0.15, 0.2) is 6.29 Å². The standard InChI is InChI=1S/C20H22O4S/c1-13-17(21)20(25-15-10-6-3-7-11-15)23-16-12-22-19(24-18(13)16)14-8-4-2-5-9-14/h2-11,13,16-21H,12H2,1H3/t13-,16?,17?,18-,19?,20-/m1/s1. The summed E-state index contributed by atoms with van der Waals surface area (Å²) in [6, 6.07) is 19.9. The van der Waals surface area contributed by atoms with Crippen molar-refractivity contribution in [3.63, 3.8) is 0 Å². The first-order valence-electron chi connectivity index (χ1n) is 8.59. The number of rotatable bonds is 3. The second-order valence-corrected chi connectivity index (χ2v) is 7.67. The van der Waals surface area contributed by atoms with E-state index in [-0.39, 0.29) is 23.6 Å². The third-order valence-electron chi connectivity index (χ3n) is 4.77. The lowest BCUT2D eigenvalue weighted by Gasteiger charge is -2.47. The van der Waals surface area contributed by atoms with Crippen molar-refractivity contribution in [1.29, 1.82) is 0 Å². The second-order valence-electron chi connectivity index (χ2n) is 6.50. The van der Waals surface area contributed by atoms with Crippen molar-refractivity contribution in [3.8, 4) is 0 Å². The van der Waals surface area contributed by atoms with E-state index in [9.17, 15) is 5.11 Å². The maximum absolute atomic E-state index is 10.7. The molecule has 2 saturated heterocycles. The molecule has 4 nitrogen and oxygen atoms in total. The lowest BCUT2D eigenvalue weighted by molar-refractivity contribution is -0.307. The smallest absolute Gasteiger partial charge is 0.184 e. The summed E-state index contributed by atoms with van der Waals surface area (Å²) in [6.07, 6.45) is -1.35. The van der Waals surface area contributed by atoms with E-state index in [2.05, 4.69) is 0 Å². The van der Waals surface area contributed by atoms with Gasteiger partial charge < -0.3 is 19.3 Å². The molecule has 132 valence electrons. The molecule has 2 aliphatic rings. The van der Waals surface area contributed by atoms with Crippen molar-refractivity contribution < 1.29 is 19.3 Å². The molecule has 3 unspecified atom stereocenters. The van der Waals surface area contributed by atoms with E-state index in [0.717, 1.165) is 10.5 Å². The van der Waals surface area contributed by atoms with Crippen molar-refractivity contribution in [1.82, 2.24) is 0 Å². The summed E-state index contributed by atoms with van der Waals surface area (Å²) in [5.74, 6) is -0.0323. The topological polar surface area (TPSA) is 47.9 Å². The van der Waals surface area contributed by atoms with Crippen LogP contribution in [0.1, 0.15) is 18.8 Å². The van der Waals surface area contributed by atoms with E-state index < -0.39 is 12.4 Å². The molecule has 0 saturated carbocycles. The minimum Gasteiger partial charge on any atom is -0.389 e. The van der Waals surface area contributed by atoms with Crippen LogP contribution < -0.4 is 0 Å². The van der Waals surface area contributed by atoms with Crippen LogP contribution >= 0.6 is 11.8 Å². The van der Waals surface area contributed by atoms with Crippen molar-refractivity contribution >= 4 is 11.8 Å². The summed E-state index contributed by atoms with van der Waals surface area (Å²) < 4.78 is 18.1. The van der Waals surface area contributed by atoms with Gasteiger partial charge in [-0.1, -0.05) is 67.2 Å². The van der Waals surface area contributed by atoms with E-state index in [4.69, 9.17) is 14.2 Å². The van der Waals surface area contributed by atoms with Gasteiger partial charge in [0.05, 0.1) is 18.8 Å². The number of aliphatic hydroxyl groups excluding tert-OH is 1. The molecule has 25 heavy (non-hydrogen) atoms. The number of benzene rings is 2. The summed E-state index contributed by atoms with van der Waals surface area (Å²) in [6.45, 7) is 2.49. The molecule has 2 aliphatic heterocycles.